The molecule has 3 aliphatic rings. The largest absolute Gasteiger partial charge is 0.494 e. The van der Waals surface area contributed by atoms with Crippen LogP contribution in [-0.2, 0) is 14.4 Å². The number of likely N-dealkylation sites (tertiary alicyclic amines) is 1. The van der Waals surface area contributed by atoms with Crippen molar-refractivity contribution in [2.75, 3.05) is 37.7 Å². The van der Waals surface area contributed by atoms with E-state index in [0.29, 0.717) is 38.3 Å². The molecule has 2 bridgehead atoms. The van der Waals surface area contributed by atoms with Gasteiger partial charge in [-0.25, -0.2) is 0 Å². The molecule has 3 heterocycles. The zero-order valence-electron chi connectivity index (χ0n) is 26.2. The number of nitrogens with zero attached hydrogens (tertiary/aromatic N) is 3. The Bertz CT molecular complexity index is 1170. The Kier molecular flexibility index (Phi) is 11.0. The van der Waals surface area contributed by atoms with Crippen LogP contribution < -0.4 is 9.64 Å². The van der Waals surface area contributed by atoms with Gasteiger partial charge in [0, 0.05) is 30.6 Å². The highest BCUT2D eigenvalue weighted by atomic mass is 32.2. The van der Waals surface area contributed by atoms with Crippen molar-refractivity contribution in [2.24, 2.45) is 17.8 Å². The Balaban J connectivity index is 1.75. The second-order valence-corrected chi connectivity index (χ2v) is 13.8. The standard InChI is InChI=1S/C34H49N3O5S/c1-7-11-12-21-35(19-8-2)33(41)30-34-18-17-27(43-34)28(29(34)32(40)37(30)26(22-38)23(5)6)31(39)36(20-9-3)24-13-15-25(16-14-24)42-10-4/h8-9,13-16,23,26-30,38H,2-3,7,10-12,17-22H2,1,4-6H3/t26-,27-,28+,29-,30?,34?/m0/s1. The molecule has 6 atom stereocenters. The third-order valence-corrected chi connectivity index (χ3v) is 11.3. The average Bonchev–Trinajstić information content (AvgIpc) is 3.63. The van der Waals surface area contributed by atoms with Crippen LogP contribution in [0.15, 0.2) is 49.6 Å². The van der Waals surface area contributed by atoms with Crippen LogP contribution in [0.5, 0.6) is 5.75 Å². The van der Waals surface area contributed by atoms with Crippen LogP contribution in [-0.4, -0.2) is 87.6 Å². The highest BCUT2D eigenvalue weighted by Gasteiger charge is 2.74. The summed E-state index contributed by atoms with van der Waals surface area (Å²) in [4.78, 5) is 48.8. The van der Waals surface area contributed by atoms with Gasteiger partial charge in [-0.05, 0) is 56.4 Å². The Morgan fingerprint density at radius 2 is 1.84 bits per heavy atom. The predicted octanol–water partition coefficient (Wildman–Crippen LogP) is 4.92. The van der Waals surface area contributed by atoms with Gasteiger partial charge in [0.1, 0.15) is 11.8 Å². The van der Waals surface area contributed by atoms with Crippen molar-refractivity contribution >= 4 is 35.2 Å². The van der Waals surface area contributed by atoms with E-state index in [1.54, 1.807) is 33.7 Å². The first kappa shape index (κ1) is 33.1. The van der Waals surface area contributed by atoms with Gasteiger partial charge in [-0.1, -0.05) is 45.8 Å². The van der Waals surface area contributed by atoms with Crippen molar-refractivity contribution in [3.8, 4) is 5.75 Å². The van der Waals surface area contributed by atoms with E-state index in [4.69, 9.17) is 4.74 Å². The molecule has 1 aromatic carbocycles. The van der Waals surface area contributed by atoms with Gasteiger partial charge in [-0.2, -0.15) is 0 Å². The van der Waals surface area contributed by atoms with Crippen LogP contribution in [0.3, 0.4) is 0 Å². The maximum absolute atomic E-state index is 14.6. The molecule has 0 saturated carbocycles. The molecule has 0 aromatic heterocycles. The number of aliphatic hydroxyl groups is 1. The lowest BCUT2D eigenvalue weighted by Crippen LogP contribution is -2.58. The Labute approximate surface area is 261 Å². The molecule has 1 N–H and O–H groups in total. The van der Waals surface area contributed by atoms with Crippen LogP contribution in [0.2, 0.25) is 0 Å². The van der Waals surface area contributed by atoms with Gasteiger partial charge in [0.15, 0.2) is 0 Å². The minimum absolute atomic E-state index is 0.0616. The summed E-state index contributed by atoms with van der Waals surface area (Å²) in [5, 5.41) is 10.5. The van der Waals surface area contributed by atoms with Crippen molar-refractivity contribution in [1.29, 1.82) is 0 Å². The van der Waals surface area contributed by atoms with E-state index in [1.807, 2.05) is 49.9 Å². The number of carbonyl (C=O) groups is 3. The summed E-state index contributed by atoms with van der Waals surface area (Å²) in [5.41, 5.74) is 0.716. The number of thioether (sulfide) groups is 1. The van der Waals surface area contributed by atoms with Gasteiger partial charge in [-0.3, -0.25) is 14.4 Å². The van der Waals surface area contributed by atoms with Crippen LogP contribution >= 0.6 is 11.8 Å². The van der Waals surface area contributed by atoms with Crippen LogP contribution in [0, 0.1) is 17.8 Å². The maximum atomic E-state index is 14.6. The summed E-state index contributed by atoms with van der Waals surface area (Å²) in [6.07, 6.45) is 7.79. The number of unbranched alkanes of at least 4 members (excludes halogenated alkanes) is 2. The molecule has 3 aliphatic heterocycles. The van der Waals surface area contributed by atoms with Gasteiger partial charge in [0.2, 0.25) is 17.7 Å². The van der Waals surface area contributed by atoms with E-state index in [0.717, 1.165) is 31.4 Å². The summed E-state index contributed by atoms with van der Waals surface area (Å²) < 4.78 is 4.88. The predicted molar refractivity (Wildman–Crippen MR) is 173 cm³/mol. The number of ether oxygens (including phenoxy) is 1. The fraction of sp³-hybridized carbons (Fsp3) is 0.618. The number of aliphatic hydroxyl groups excluding tert-OH is 1. The van der Waals surface area contributed by atoms with Gasteiger partial charge >= 0.3 is 0 Å². The Morgan fingerprint density at radius 1 is 1.14 bits per heavy atom. The van der Waals surface area contributed by atoms with Crippen molar-refractivity contribution < 1.29 is 24.2 Å². The number of fused-ring (bicyclic) bond motifs is 1. The molecular formula is C34H49N3O5S. The lowest BCUT2D eigenvalue weighted by molar-refractivity contribution is -0.146. The zero-order chi connectivity index (χ0) is 31.3. The number of hydrogen-bond acceptors (Lipinski definition) is 6. The number of carbonyl (C=O) groups excluding carboxylic acids is 3. The number of rotatable bonds is 16. The smallest absolute Gasteiger partial charge is 0.247 e. The molecule has 3 fully saturated rings. The lowest BCUT2D eigenvalue weighted by atomic mass is 9.70. The van der Waals surface area contributed by atoms with E-state index >= 15 is 0 Å². The lowest BCUT2D eigenvalue weighted by Gasteiger charge is -2.40. The van der Waals surface area contributed by atoms with E-state index < -0.39 is 28.7 Å². The summed E-state index contributed by atoms with van der Waals surface area (Å²) in [6, 6.07) is 6.16. The van der Waals surface area contributed by atoms with E-state index in [2.05, 4.69) is 20.1 Å². The Morgan fingerprint density at radius 3 is 2.42 bits per heavy atom. The monoisotopic (exact) mass is 611 g/mol. The molecule has 3 amide bonds. The van der Waals surface area contributed by atoms with Gasteiger partial charge < -0.3 is 24.5 Å². The molecule has 2 unspecified atom stereocenters. The first-order valence-corrected chi connectivity index (χ1v) is 16.7. The molecular weight excluding hydrogens is 562 g/mol. The van der Waals surface area contributed by atoms with Crippen LogP contribution in [0.1, 0.15) is 59.8 Å². The molecule has 1 spiro atoms. The molecule has 3 saturated heterocycles. The van der Waals surface area contributed by atoms with E-state index in [1.165, 1.54) is 0 Å². The van der Waals surface area contributed by atoms with Crippen LogP contribution in [0.25, 0.3) is 0 Å². The highest BCUT2D eigenvalue weighted by Crippen LogP contribution is 2.67. The molecule has 8 nitrogen and oxygen atoms in total. The highest BCUT2D eigenvalue weighted by molar-refractivity contribution is 8.02. The van der Waals surface area contributed by atoms with Crippen molar-refractivity contribution in [3.05, 3.63) is 49.6 Å². The molecule has 1 aromatic rings. The van der Waals surface area contributed by atoms with Crippen LogP contribution in [0.4, 0.5) is 5.69 Å². The van der Waals surface area contributed by atoms with Gasteiger partial charge in [-0.15, -0.1) is 24.9 Å². The third-order valence-electron chi connectivity index (χ3n) is 9.30. The topological polar surface area (TPSA) is 90.4 Å². The van der Waals surface area contributed by atoms with Crippen molar-refractivity contribution in [1.82, 2.24) is 9.80 Å². The second-order valence-electron chi connectivity index (χ2n) is 12.2. The minimum atomic E-state index is -0.739. The quantitative estimate of drug-likeness (QED) is 0.211. The number of benzene rings is 1. The molecule has 236 valence electrons. The first-order chi connectivity index (χ1) is 20.7. The van der Waals surface area contributed by atoms with E-state index in [9.17, 15) is 19.5 Å². The number of amides is 3. The summed E-state index contributed by atoms with van der Waals surface area (Å²) >= 11 is 1.66. The molecule has 9 heteroatoms. The van der Waals surface area contributed by atoms with E-state index in [-0.39, 0.29) is 35.5 Å². The number of hydrogen-bond donors (Lipinski definition) is 1. The summed E-state index contributed by atoms with van der Waals surface area (Å²) in [7, 11) is 0. The second kappa shape index (κ2) is 14.3. The summed E-state index contributed by atoms with van der Waals surface area (Å²) in [6.45, 7) is 17.4. The summed E-state index contributed by atoms with van der Waals surface area (Å²) in [5.74, 6) is -0.950. The van der Waals surface area contributed by atoms with Crippen molar-refractivity contribution in [2.45, 2.75) is 81.9 Å². The normalized spacial score (nSPS) is 26.4. The first-order valence-electron chi connectivity index (χ1n) is 15.9. The minimum Gasteiger partial charge on any atom is -0.494 e. The molecule has 0 aliphatic carbocycles. The molecule has 0 radical (unpaired) electrons. The fourth-order valence-corrected chi connectivity index (χ4v) is 9.52. The SMILES string of the molecule is C=CCN(CCCCC)C(=O)C1N([C@@H](CO)C(C)C)C(=O)[C@@H]2[C@H](C(=O)N(CC=C)c3ccc(OCC)cc3)[C@@H]3CCC12S3. The fourth-order valence-electron chi connectivity index (χ4n) is 7.32. The Hall–Kier alpha value is -2.78. The van der Waals surface area contributed by atoms with Gasteiger partial charge in [0.05, 0.1) is 35.8 Å². The zero-order valence-corrected chi connectivity index (χ0v) is 27.1. The third kappa shape index (κ3) is 6.12. The molecule has 4 rings (SSSR count). The maximum Gasteiger partial charge on any atom is 0.247 e. The average molecular weight is 612 g/mol. The molecule has 43 heavy (non-hydrogen) atoms. The van der Waals surface area contributed by atoms with Crippen molar-refractivity contribution in [3.63, 3.8) is 0 Å². The van der Waals surface area contributed by atoms with Gasteiger partial charge in [0.25, 0.3) is 0 Å². The number of anilines is 1.